The summed E-state index contributed by atoms with van der Waals surface area (Å²) in [6.07, 6.45) is 2.62. The third kappa shape index (κ3) is 4.69. The minimum Gasteiger partial charge on any atom is -0.378 e. The van der Waals surface area contributed by atoms with Crippen LogP contribution in [0.15, 0.2) is 35.8 Å². The third-order valence-electron chi connectivity index (χ3n) is 3.83. The number of thiophene rings is 1. The van der Waals surface area contributed by atoms with Crippen LogP contribution in [0.4, 0.5) is 16.3 Å². The van der Waals surface area contributed by atoms with Gasteiger partial charge in [-0.05, 0) is 30.5 Å². The number of hydrogen-bond acceptors (Lipinski definition) is 5. The first-order valence-electron chi connectivity index (χ1n) is 8.09. The fourth-order valence-electron chi connectivity index (χ4n) is 2.63. The van der Waals surface area contributed by atoms with Gasteiger partial charge in [0.1, 0.15) is 5.82 Å². The molecule has 2 aromatic heterocycles. The monoisotopic (exact) mass is 346 g/mol. The quantitative estimate of drug-likeness (QED) is 0.874. The number of rotatable bonds is 5. The molecule has 3 heterocycles. The van der Waals surface area contributed by atoms with Crippen molar-refractivity contribution in [1.29, 1.82) is 0 Å². The zero-order chi connectivity index (χ0) is 16.8. The van der Waals surface area contributed by atoms with Crippen molar-refractivity contribution < 1.29 is 9.53 Å². The number of amides is 2. The summed E-state index contributed by atoms with van der Waals surface area (Å²) < 4.78 is 5.35. The summed E-state index contributed by atoms with van der Waals surface area (Å²) in [6, 6.07) is 7.73. The Balaban J connectivity index is 1.48. The van der Waals surface area contributed by atoms with Gasteiger partial charge in [-0.25, -0.2) is 9.78 Å². The van der Waals surface area contributed by atoms with E-state index in [2.05, 4.69) is 26.6 Å². The molecule has 2 N–H and O–H groups in total. The topological polar surface area (TPSA) is 66.5 Å². The summed E-state index contributed by atoms with van der Waals surface area (Å²) in [6.45, 7) is 5.22. The van der Waals surface area contributed by atoms with E-state index in [4.69, 9.17) is 4.74 Å². The molecule has 1 atom stereocenters. The molecule has 0 aromatic carbocycles. The number of pyridine rings is 1. The summed E-state index contributed by atoms with van der Waals surface area (Å²) in [5, 5.41) is 7.76. The maximum Gasteiger partial charge on any atom is 0.320 e. The minimum atomic E-state index is -0.231. The smallest absolute Gasteiger partial charge is 0.320 e. The van der Waals surface area contributed by atoms with Crippen molar-refractivity contribution in [3.05, 3.63) is 40.7 Å². The first kappa shape index (κ1) is 16.7. The zero-order valence-corrected chi connectivity index (χ0v) is 14.5. The van der Waals surface area contributed by atoms with Gasteiger partial charge in [0.25, 0.3) is 0 Å². The summed E-state index contributed by atoms with van der Waals surface area (Å²) >= 11 is 1.70. The number of hydrogen-bond donors (Lipinski definition) is 2. The van der Waals surface area contributed by atoms with E-state index in [9.17, 15) is 4.79 Å². The molecular weight excluding hydrogens is 324 g/mol. The van der Waals surface area contributed by atoms with Gasteiger partial charge in [0.15, 0.2) is 0 Å². The van der Waals surface area contributed by atoms with Crippen LogP contribution in [0.5, 0.6) is 0 Å². The van der Waals surface area contributed by atoms with Crippen LogP contribution in [0.3, 0.4) is 0 Å². The molecule has 6 nitrogen and oxygen atoms in total. The van der Waals surface area contributed by atoms with E-state index in [1.807, 2.05) is 30.5 Å². The minimum absolute atomic E-state index is 0.0660. The highest BCUT2D eigenvalue weighted by atomic mass is 32.1. The molecule has 2 amide bonds. The van der Waals surface area contributed by atoms with Crippen molar-refractivity contribution in [1.82, 2.24) is 10.3 Å². The molecular formula is C17H22N4O2S. The van der Waals surface area contributed by atoms with Crippen LogP contribution in [-0.2, 0) is 11.2 Å². The number of carbonyl (C=O) groups is 1. The molecule has 1 saturated heterocycles. The molecule has 1 aliphatic heterocycles. The molecule has 1 fully saturated rings. The fraction of sp³-hybridized carbons (Fsp3) is 0.412. The lowest BCUT2D eigenvalue weighted by Gasteiger charge is -2.28. The molecule has 1 unspecified atom stereocenters. The van der Waals surface area contributed by atoms with Crippen molar-refractivity contribution in [3.63, 3.8) is 0 Å². The zero-order valence-electron chi connectivity index (χ0n) is 13.7. The SMILES string of the molecule is CC(Cc1cccs1)NC(=O)Nc1ccc(N2CCOCC2)cn1. The number of ether oxygens (including phenoxy) is 1. The van der Waals surface area contributed by atoms with Crippen molar-refractivity contribution in [2.24, 2.45) is 0 Å². The Labute approximate surface area is 145 Å². The van der Waals surface area contributed by atoms with Gasteiger partial charge >= 0.3 is 6.03 Å². The molecule has 0 spiro atoms. The molecule has 128 valence electrons. The summed E-state index contributed by atoms with van der Waals surface area (Å²) in [5.41, 5.74) is 1.05. The predicted octanol–water partition coefficient (Wildman–Crippen LogP) is 2.73. The Morgan fingerprint density at radius 2 is 2.21 bits per heavy atom. The highest BCUT2D eigenvalue weighted by Crippen LogP contribution is 2.16. The maximum absolute atomic E-state index is 12.1. The van der Waals surface area contributed by atoms with E-state index >= 15 is 0 Å². The van der Waals surface area contributed by atoms with Crippen LogP contribution in [0.25, 0.3) is 0 Å². The second kappa shape index (κ2) is 8.12. The number of aromatic nitrogens is 1. The largest absolute Gasteiger partial charge is 0.378 e. The lowest BCUT2D eigenvalue weighted by Crippen LogP contribution is -2.37. The lowest BCUT2D eigenvalue weighted by molar-refractivity contribution is 0.122. The van der Waals surface area contributed by atoms with Gasteiger partial charge in [0.05, 0.1) is 25.1 Å². The number of morpholine rings is 1. The van der Waals surface area contributed by atoms with Gasteiger partial charge in [-0.2, -0.15) is 0 Å². The van der Waals surface area contributed by atoms with Gasteiger partial charge in [-0.15, -0.1) is 11.3 Å². The van der Waals surface area contributed by atoms with Crippen molar-refractivity contribution >= 4 is 28.9 Å². The Morgan fingerprint density at radius 1 is 1.38 bits per heavy atom. The van der Waals surface area contributed by atoms with Crippen LogP contribution < -0.4 is 15.5 Å². The van der Waals surface area contributed by atoms with Crippen LogP contribution in [0.1, 0.15) is 11.8 Å². The second-order valence-electron chi connectivity index (χ2n) is 5.78. The molecule has 0 saturated carbocycles. The normalized spacial score (nSPS) is 15.8. The van der Waals surface area contributed by atoms with Gasteiger partial charge < -0.3 is 15.0 Å². The molecule has 0 bridgehead atoms. The summed E-state index contributed by atoms with van der Waals surface area (Å²) in [5.74, 6) is 0.549. The molecule has 3 rings (SSSR count). The second-order valence-corrected chi connectivity index (χ2v) is 6.82. The average Bonchev–Trinajstić information content (AvgIpc) is 3.09. The van der Waals surface area contributed by atoms with E-state index in [0.29, 0.717) is 5.82 Å². The van der Waals surface area contributed by atoms with Crippen molar-refractivity contribution in [3.8, 4) is 0 Å². The Bertz CT molecular complexity index is 639. The first-order valence-corrected chi connectivity index (χ1v) is 8.97. The Morgan fingerprint density at radius 3 is 2.88 bits per heavy atom. The summed E-state index contributed by atoms with van der Waals surface area (Å²) in [4.78, 5) is 19.9. The molecule has 2 aromatic rings. The van der Waals surface area contributed by atoms with Gasteiger partial charge in [0.2, 0.25) is 0 Å². The third-order valence-corrected chi connectivity index (χ3v) is 4.73. The van der Waals surface area contributed by atoms with Crippen LogP contribution in [0, 0.1) is 0 Å². The van der Waals surface area contributed by atoms with Gasteiger partial charge in [-0.3, -0.25) is 5.32 Å². The van der Waals surface area contributed by atoms with Gasteiger partial charge in [-0.1, -0.05) is 6.07 Å². The highest BCUT2D eigenvalue weighted by Gasteiger charge is 2.12. The maximum atomic E-state index is 12.1. The standard InChI is InChI=1S/C17H22N4O2S/c1-13(11-15-3-2-10-24-15)19-17(22)20-16-5-4-14(12-18-16)21-6-8-23-9-7-21/h2-5,10,12-13H,6-9,11H2,1H3,(H2,18,19,20,22). The van der Waals surface area contributed by atoms with E-state index in [1.54, 1.807) is 17.5 Å². The molecule has 0 radical (unpaired) electrons. The lowest BCUT2D eigenvalue weighted by atomic mass is 10.2. The molecule has 7 heteroatoms. The first-order chi connectivity index (χ1) is 11.7. The highest BCUT2D eigenvalue weighted by molar-refractivity contribution is 7.09. The number of urea groups is 1. The number of anilines is 2. The number of nitrogens with zero attached hydrogens (tertiary/aromatic N) is 2. The predicted molar refractivity (Wildman–Crippen MR) is 96.9 cm³/mol. The van der Waals surface area contributed by atoms with Crippen molar-refractivity contribution in [2.45, 2.75) is 19.4 Å². The average molecular weight is 346 g/mol. The van der Waals surface area contributed by atoms with E-state index < -0.39 is 0 Å². The number of nitrogens with one attached hydrogen (secondary N) is 2. The van der Waals surface area contributed by atoms with E-state index in [-0.39, 0.29) is 12.1 Å². The number of carbonyl (C=O) groups excluding carboxylic acids is 1. The van der Waals surface area contributed by atoms with Crippen LogP contribution in [-0.4, -0.2) is 43.4 Å². The fourth-order valence-corrected chi connectivity index (χ4v) is 3.46. The Kier molecular flexibility index (Phi) is 5.66. The van der Waals surface area contributed by atoms with Crippen LogP contribution in [0.2, 0.25) is 0 Å². The molecule has 0 aliphatic carbocycles. The van der Waals surface area contributed by atoms with E-state index in [1.165, 1.54) is 4.88 Å². The van der Waals surface area contributed by atoms with Crippen LogP contribution >= 0.6 is 11.3 Å². The molecule has 24 heavy (non-hydrogen) atoms. The van der Waals surface area contributed by atoms with Gasteiger partial charge in [0, 0.05) is 30.4 Å². The summed E-state index contributed by atoms with van der Waals surface area (Å²) in [7, 11) is 0. The molecule has 1 aliphatic rings. The van der Waals surface area contributed by atoms with E-state index in [0.717, 1.165) is 38.4 Å². The van der Waals surface area contributed by atoms with Crippen molar-refractivity contribution in [2.75, 3.05) is 36.5 Å². The Hall–Kier alpha value is -2.12.